The van der Waals surface area contributed by atoms with Crippen molar-refractivity contribution >= 4 is 17.8 Å². The smallest absolute Gasteiger partial charge is 0.225 e. The van der Waals surface area contributed by atoms with E-state index in [-0.39, 0.29) is 12.4 Å². The second-order valence-corrected chi connectivity index (χ2v) is 6.64. The highest BCUT2D eigenvalue weighted by Crippen LogP contribution is 2.37. The number of carbonyl (C=O) groups excluding carboxylic acids is 1. The number of nitrogens with zero attached hydrogens (tertiary/aromatic N) is 3. The van der Waals surface area contributed by atoms with Crippen LogP contribution in [0, 0.1) is 6.92 Å². The topological polar surface area (TPSA) is 64.6 Å². The van der Waals surface area contributed by atoms with Crippen LogP contribution < -0.4 is 14.4 Å². The van der Waals surface area contributed by atoms with Gasteiger partial charge >= 0.3 is 0 Å². The molecule has 6 nitrogen and oxygen atoms in total. The molecule has 0 radical (unpaired) electrons. The quantitative estimate of drug-likeness (QED) is 0.792. The summed E-state index contributed by atoms with van der Waals surface area (Å²) >= 11 is 0. The molecule has 0 saturated carbocycles. The third-order valence-electron chi connectivity index (χ3n) is 4.72. The van der Waals surface area contributed by atoms with E-state index in [1.807, 2.05) is 19.1 Å². The van der Waals surface area contributed by atoms with E-state index < -0.39 is 0 Å². The molecule has 2 aliphatic rings. The Morgan fingerprint density at radius 1 is 1.19 bits per heavy atom. The van der Waals surface area contributed by atoms with Gasteiger partial charge in [-0.05, 0) is 43.5 Å². The molecule has 6 heteroatoms. The molecule has 0 aliphatic carbocycles. The molecule has 1 fully saturated rings. The zero-order valence-corrected chi connectivity index (χ0v) is 15.0. The van der Waals surface area contributed by atoms with Crippen molar-refractivity contribution in [2.24, 2.45) is 0 Å². The average molecular weight is 351 g/mol. The van der Waals surface area contributed by atoms with Gasteiger partial charge in [0.05, 0.1) is 12.7 Å². The van der Waals surface area contributed by atoms with Crippen LogP contribution in [0.4, 0.5) is 5.95 Å². The fourth-order valence-corrected chi connectivity index (χ4v) is 3.39. The van der Waals surface area contributed by atoms with E-state index in [2.05, 4.69) is 14.9 Å². The highest BCUT2D eigenvalue weighted by molar-refractivity contribution is 6.14. The number of aromatic nitrogens is 2. The number of carbonyl (C=O) groups is 1. The lowest BCUT2D eigenvalue weighted by molar-refractivity contribution is 0.0998. The average Bonchev–Trinajstić information content (AvgIpc) is 3.19. The number of methoxy groups -OCH3 is 1. The lowest BCUT2D eigenvalue weighted by Gasteiger charge is -2.21. The molecule has 0 N–H and O–H groups in total. The SMILES string of the molecule is COc1cc(C)cc2c1OC/C(=C\c1cnc(N3CCCC3)nc1)C2=O. The van der Waals surface area contributed by atoms with Gasteiger partial charge in [-0.2, -0.15) is 0 Å². The van der Waals surface area contributed by atoms with Gasteiger partial charge in [-0.1, -0.05) is 0 Å². The Bertz CT molecular complexity index is 869. The van der Waals surface area contributed by atoms with E-state index in [9.17, 15) is 4.79 Å². The molecule has 0 bridgehead atoms. The first-order chi connectivity index (χ1) is 12.7. The molecule has 0 unspecified atom stereocenters. The maximum Gasteiger partial charge on any atom is 0.225 e. The van der Waals surface area contributed by atoms with Crippen LogP contribution in [-0.2, 0) is 0 Å². The van der Waals surface area contributed by atoms with Crippen molar-refractivity contribution in [1.29, 1.82) is 0 Å². The number of ketones is 1. The summed E-state index contributed by atoms with van der Waals surface area (Å²) in [7, 11) is 1.58. The molecule has 0 atom stereocenters. The number of hydrogen-bond donors (Lipinski definition) is 0. The van der Waals surface area contributed by atoms with Crippen LogP contribution in [0.3, 0.4) is 0 Å². The molecule has 26 heavy (non-hydrogen) atoms. The summed E-state index contributed by atoms with van der Waals surface area (Å²) in [6, 6.07) is 3.70. The molecule has 1 aromatic heterocycles. The zero-order chi connectivity index (χ0) is 18.1. The van der Waals surface area contributed by atoms with Gasteiger partial charge in [0.1, 0.15) is 6.61 Å². The summed E-state index contributed by atoms with van der Waals surface area (Å²) < 4.78 is 11.1. The Kier molecular flexibility index (Phi) is 4.32. The lowest BCUT2D eigenvalue weighted by atomic mass is 9.97. The van der Waals surface area contributed by atoms with Gasteiger partial charge in [0.25, 0.3) is 0 Å². The van der Waals surface area contributed by atoms with Crippen molar-refractivity contribution in [3.8, 4) is 11.5 Å². The van der Waals surface area contributed by atoms with Crippen LogP contribution in [0.25, 0.3) is 6.08 Å². The van der Waals surface area contributed by atoms with Gasteiger partial charge in [-0.3, -0.25) is 4.79 Å². The van der Waals surface area contributed by atoms with Crippen molar-refractivity contribution in [3.63, 3.8) is 0 Å². The van der Waals surface area contributed by atoms with Crippen LogP contribution >= 0.6 is 0 Å². The van der Waals surface area contributed by atoms with Crippen molar-refractivity contribution in [2.45, 2.75) is 19.8 Å². The first-order valence-corrected chi connectivity index (χ1v) is 8.79. The third-order valence-corrected chi connectivity index (χ3v) is 4.72. The van der Waals surface area contributed by atoms with Crippen molar-refractivity contribution < 1.29 is 14.3 Å². The Morgan fingerprint density at radius 3 is 2.62 bits per heavy atom. The highest BCUT2D eigenvalue weighted by atomic mass is 16.5. The fourth-order valence-electron chi connectivity index (χ4n) is 3.39. The second kappa shape index (κ2) is 6.78. The molecule has 0 spiro atoms. The summed E-state index contributed by atoms with van der Waals surface area (Å²) in [5.74, 6) is 1.81. The van der Waals surface area contributed by atoms with Crippen molar-refractivity contribution in [2.75, 3.05) is 31.7 Å². The van der Waals surface area contributed by atoms with Crippen LogP contribution in [-0.4, -0.2) is 42.6 Å². The van der Waals surface area contributed by atoms with Gasteiger partial charge in [-0.15, -0.1) is 0 Å². The zero-order valence-electron chi connectivity index (χ0n) is 15.0. The Hall–Kier alpha value is -2.89. The number of benzene rings is 1. The maximum atomic E-state index is 12.9. The molecule has 4 rings (SSSR count). The maximum absolute atomic E-state index is 12.9. The minimum absolute atomic E-state index is 0.0446. The molecular formula is C20H21N3O3. The van der Waals surface area contributed by atoms with Crippen molar-refractivity contribution in [1.82, 2.24) is 9.97 Å². The van der Waals surface area contributed by atoms with Crippen LogP contribution in [0.5, 0.6) is 11.5 Å². The first-order valence-electron chi connectivity index (χ1n) is 8.79. The Balaban J connectivity index is 1.60. The van der Waals surface area contributed by atoms with Gasteiger partial charge < -0.3 is 14.4 Å². The van der Waals surface area contributed by atoms with Crippen LogP contribution in [0.15, 0.2) is 30.1 Å². The summed E-state index contributed by atoms with van der Waals surface area (Å²) in [6.45, 7) is 4.15. The monoisotopic (exact) mass is 351 g/mol. The van der Waals surface area contributed by atoms with Gasteiger partial charge in [0, 0.05) is 36.6 Å². The largest absolute Gasteiger partial charge is 0.493 e. The van der Waals surface area contributed by atoms with E-state index >= 15 is 0 Å². The van der Waals surface area contributed by atoms with Crippen LogP contribution in [0.1, 0.15) is 34.3 Å². The van der Waals surface area contributed by atoms with Gasteiger partial charge in [-0.25, -0.2) is 9.97 Å². The summed E-state index contributed by atoms with van der Waals surface area (Å²) in [5, 5.41) is 0. The Labute approximate surface area is 152 Å². The third kappa shape index (κ3) is 3.03. The van der Waals surface area contributed by atoms with E-state index in [0.717, 1.165) is 30.2 Å². The molecule has 2 aliphatic heterocycles. The minimum Gasteiger partial charge on any atom is -0.493 e. The highest BCUT2D eigenvalue weighted by Gasteiger charge is 2.27. The van der Waals surface area contributed by atoms with Crippen molar-refractivity contribution in [3.05, 3.63) is 46.8 Å². The molecule has 1 saturated heterocycles. The van der Waals surface area contributed by atoms with Gasteiger partial charge in [0.15, 0.2) is 17.3 Å². The fraction of sp³-hybridized carbons (Fsp3) is 0.350. The molecule has 2 aromatic rings. The minimum atomic E-state index is -0.0446. The van der Waals surface area contributed by atoms with E-state index in [1.165, 1.54) is 12.8 Å². The number of rotatable bonds is 3. The molecule has 134 valence electrons. The Morgan fingerprint density at radius 2 is 1.92 bits per heavy atom. The summed E-state index contributed by atoms with van der Waals surface area (Å²) in [4.78, 5) is 23.9. The normalized spacial score (nSPS) is 18.0. The lowest BCUT2D eigenvalue weighted by Crippen LogP contribution is -2.20. The van der Waals surface area contributed by atoms with Crippen LogP contribution in [0.2, 0.25) is 0 Å². The van der Waals surface area contributed by atoms with Gasteiger partial charge in [0.2, 0.25) is 5.95 Å². The second-order valence-electron chi connectivity index (χ2n) is 6.64. The molecule has 3 heterocycles. The number of fused-ring (bicyclic) bond motifs is 1. The summed E-state index contributed by atoms with van der Waals surface area (Å²) in [6.07, 6.45) is 7.68. The number of hydrogen-bond acceptors (Lipinski definition) is 6. The first kappa shape index (κ1) is 16.6. The molecule has 0 amide bonds. The molecule has 1 aromatic carbocycles. The standard InChI is InChI=1S/C20H21N3O3/c1-13-7-16-18(24)15(12-26-19(16)17(8-13)25-2)9-14-10-21-20(22-11-14)23-5-3-4-6-23/h7-11H,3-6,12H2,1-2H3/b15-9+. The number of anilines is 1. The number of ether oxygens (including phenoxy) is 2. The molecular weight excluding hydrogens is 330 g/mol. The van der Waals surface area contributed by atoms with E-state index in [4.69, 9.17) is 9.47 Å². The number of Topliss-reactive ketones (excluding diaryl/α,β-unsaturated/α-hetero) is 1. The predicted molar refractivity (Wildman–Crippen MR) is 99.0 cm³/mol. The predicted octanol–water partition coefficient (Wildman–Crippen LogP) is 3.05. The van der Waals surface area contributed by atoms with E-state index in [1.54, 1.807) is 25.6 Å². The van der Waals surface area contributed by atoms with E-state index in [0.29, 0.717) is 22.6 Å². The summed E-state index contributed by atoms with van der Waals surface area (Å²) in [5.41, 5.74) is 2.87. The number of aryl methyl sites for hydroxylation is 1.